The molecule has 16 heavy (non-hydrogen) atoms. The molecule has 92 valence electrons. The van der Waals surface area contributed by atoms with E-state index in [1.807, 2.05) is 0 Å². The van der Waals surface area contributed by atoms with Gasteiger partial charge in [0.15, 0.2) is 5.96 Å². The molecule has 0 aromatic carbocycles. The summed E-state index contributed by atoms with van der Waals surface area (Å²) in [4.78, 5) is 6.91. The maximum atomic E-state index is 5.84. The van der Waals surface area contributed by atoms with Crippen LogP contribution < -0.4 is 11.1 Å². The number of nitrogens with zero attached hydrogens (tertiary/aromatic N) is 2. The first-order chi connectivity index (χ1) is 7.74. The van der Waals surface area contributed by atoms with Crippen molar-refractivity contribution in [3.63, 3.8) is 0 Å². The summed E-state index contributed by atoms with van der Waals surface area (Å²) >= 11 is 0. The van der Waals surface area contributed by atoms with E-state index in [-0.39, 0.29) is 0 Å². The summed E-state index contributed by atoms with van der Waals surface area (Å²) in [5, 5.41) is 3.28. The number of rotatable bonds is 4. The van der Waals surface area contributed by atoms with Crippen LogP contribution >= 0.6 is 0 Å². The molecule has 0 amide bonds. The van der Waals surface area contributed by atoms with Gasteiger partial charge in [-0.25, -0.2) is 0 Å². The van der Waals surface area contributed by atoms with Crippen LogP contribution in [0.5, 0.6) is 0 Å². The van der Waals surface area contributed by atoms with Crippen molar-refractivity contribution in [1.82, 2.24) is 10.2 Å². The summed E-state index contributed by atoms with van der Waals surface area (Å²) in [5.41, 5.74) is 5.84. The van der Waals surface area contributed by atoms with Gasteiger partial charge in [-0.2, -0.15) is 0 Å². The lowest BCUT2D eigenvalue weighted by molar-refractivity contribution is 0.215. The lowest BCUT2D eigenvalue weighted by Gasteiger charge is -2.29. The molecule has 0 aromatic rings. The first kappa shape index (κ1) is 11.7. The third kappa shape index (κ3) is 4.00. The van der Waals surface area contributed by atoms with E-state index in [1.54, 1.807) is 0 Å². The number of nitrogens with two attached hydrogens (primary N) is 1. The van der Waals surface area contributed by atoms with Gasteiger partial charge in [0.25, 0.3) is 0 Å². The quantitative estimate of drug-likeness (QED) is 0.552. The fourth-order valence-corrected chi connectivity index (χ4v) is 2.26. The van der Waals surface area contributed by atoms with E-state index in [1.165, 1.54) is 45.2 Å². The van der Waals surface area contributed by atoms with Gasteiger partial charge in [-0.15, -0.1) is 0 Å². The zero-order valence-electron chi connectivity index (χ0n) is 10.3. The molecule has 1 atom stereocenters. The smallest absolute Gasteiger partial charge is 0.189 e. The third-order valence-electron chi connectivity index (χ3n) is 3.24. The Hall–Kier alpha value is -0.770. The molecule has 0 spiro atoms. The largest absolute Gasteiger partial charge is 0.370 e. The topological polar surface area (TPSA) is 53.6 Å². The van der Waals surface area contributed by atoms with Crippen LogP contribution in [0, 0.1) is 0 Å². The molecule has 2 aliphatic rings. The first-order valence-electron chi connectivity index (χ1n) is 6.56. The maximum Gasteiger partial charge on any atom is 0.189 e. The highest BCUT2D eigenvalue weighted by Gasteiger charge is 2.21. The maximum absolute atomic E-state index is 5.84. The molecule has 1 aliphatic carbocycles. The van der Waals surface area contributed by atoms with Crippen molar-refractivity contribution in [2.75, 3.05) is 19.6 Å². The summed E-state index contributed by atoms with van der Waals surface area (Å²) in [7, 11) is 0. The Kier molecular flexibility index (Phi) is 4.04. The number of likely N-dealkylation sites (tertiary alicyclic amines) is 1. The average molecular weight is 224 g/mol. The van der Waals surface area contributed by atoms with E-state index in [9.17, 15) is 0 Å². The number of nitrogens with one attached hydrogen (secondary N) is 1. The lowest BCUT2D eigenvalue weighted by Crippen LogP contribution is -2.46. The second kappa shape index (κ2) is 5.53. The van der Waals surface area contributed by atoms with Gasteiger partial charge in [-0.05, 0) is 45.7 Å². The molecule has 0 bridgehead atoms. The number of hydrogen-bond donors (Lipinski definition) is 2. The molecule has 3 N–H and O–H groups in total. The molecular weight excluding hydrogens is 200 g/mol. The molecule has 1 unspecified atom stereocenters. The van der Waals surface area contributed by atoms with Crippen molar-refractivity contribution in [2.45, 2.75) is 51.1 Å². The molecule has 1 saturated heterocycles. The van der Waals surface area contributed by atoms with Crippen LogP contribution in [0.25, 0.3) is 0 Å². The van der Waals surface area contributed by atoms with Crippen LogP contribution in [0.2, 0.25) is 0 Å². The van der Waals surface area contributed by atoms with E-state index < -0.39 is 0 Å². The number of hydrogen-bond acceptors (Lipinski definition) is 2. The Morgan fingerprint density at radius 1 is 1.38 bits per heavy atom. The second-order valence-corrected chi connectivity index (χ2v) is 5.15. The molecule has 1 aliphatic heterocycles. The zero-order valence-corrected chi connectivity index (χ0v) is 10.3. The lowest BCUT2D eigenvalue weighted by atomic mass is 10.1. The predicted octanol–water partition coefficient (Wildman–Crippen LogP) is 0.928. The Labute approximate surface area is 98.3 Å². The minimum absolute atomic E-state index is 0.403. The zero-order chi connectivity index (χ0) is 11.4. The normalized spacial score (nSPS) is 25.4. The fraction of sp³-hybridized carbons (Fsp3) is 0.917. The van der Waals surface area contributed by atoms with Crippen LogP contribution in [-0.2, 0) is 0 Å². The van der Waals surface area contributed by atoms with E-state index in [0.717, 1.165) is 6.54 Å². The van der Waals surface area contributed by atoms with Gasteiger partial charge in [0.05, 0.1) is 6.04 Å². The summed E-state index contributed by atoms with van der Waals surface area (Å²) in [6.45, 7) is 5.75. The van der Waals surface area contributed by atoms with Gasteiger partial charge in [0, 0.05) is 12.6 Å². The summed E-state index contributed by atoms with van der Waals surface area (Å²) in [5.74, 6) is 0.631. The molecule has 0 aromatic heterocycles. The number of guanidine groups is 1. The molecule has 2 fully saturated rings. The highest BCUT2D eigenvalue weighted by molar-refractivity contribution is 5.78. The molecule has 0 radical (unpaired) electrons. The molecule has 4 nitrogen and oxygen atoms in total. The predicted molar refractivity (Wildman–Crippen MR) is 67.5 cm³/mol. The summed E-state index contributed by atoms with van der Waals surface area (Å²) in [6.07, 6.45) is 6.51. The molecule has 2 rings (SSSR count). The Balaban J connectivity index is 1.67. The highest BCUT2D eigenvalue weighted by Crippen LogP contribution is 2.22. The third-order valence-corrected chi connectivity index (χ3v) is 3.24. The first-order valence-corrected chi connectivity index (χ1v) is 6.56. The monoisotopic (exact) mass is 224 g/mol. The van der Waals surface area contributed by atoms with E-state index in [2.05, 4.69) is 22.1 Å². The SMILES string of the molecule is CC(CN1CCCCC1)NC(N)=NC1CC1. The van der Waals surface area contributed by atoms with E-state index >= 15 is 0 Å². The van der Waals surface area contributed by atoms with E-state index in [0.29, 0.717) is 18.0 Å². The van der Waals surface area contributed by atoms with Crippen molar-refractivity contribution in [3.8, 4) is 0 Å². The Bertz CT molecular complexity index is 241. The minimum atomic E-state index is 0.403. The standard InChI is InChI=1S/C12H24N4/c1-10(9-16-7-3-2-4-8-16)14-12(13)15-11-5-6-11/h10-11H,2-9H2,1H3,(H3,13,14,15). The van der Waals surface area contributed by atoms with Gasteiger partial charge < -0.3 is 16.0 Å². The van der Waals surface area contributed by atoms with Crippen molar-refractivity contribution >= 4 is 5.96 Å². The molecule has 1 heterocycles. The molecule has 4 heteroatoms. The van der Waals surface area contributed by atoms with Gasteiger partial charge in [-0.1, -0.05) is 6.42 Å². The molecular formula is C12H24N4. The van der Waals surface area contributed by atoms with Gasteiger partial charge in [0.1, 0.15) is 0 Å². The van der Waals surface area contributed by atoms with Gasteiger partial charge in [-0.3, -0.25) is 4.99 Å². The molecule has 1 saturated carbocycles. The number of piperidine rings is 1. The van der Waals surface area contributed by atoms with Crippen molar-refractivity contribution in [2.24, 2.45) is 10.7 Å². The number of aliphatic imine (C=N–C) groups is 1. The highest BCUT2D eigenvalue weighted by atomic mass is 15.2. The van der Waals surface area contributed by atoms with Crippen molar-refractivity contribution in [3.05, 3.63) is 0 Å². The van der Waals surface area contributed by atoms with Crippen LogP contribution in [0.3, 0.4) is 0 Å². The van der Waals surface area contributed by atoms with Crippen molar-refractivity contribution in [1.29, 1.82) is 0 Å². The fourth-order valence-electron chi connectivity index (χ4n) is 2.26. The summed E-state index contributed by atoms with van der Waals surface area (Å²) < 4.78 is 0. The Morgan fingerprint density at radius 3 is 2.69 bits per heavy atom. The average Bonchev–Trinajstić information content (AvgIpc) is 3.02. The van der Waals surface area contributed by atoms with Gasteiger partial charge in [0.2, 0.25) is 0 Å². The summed E-state index contributed by atoms with van der Waals surface area (Å²) in [6, 6.07) is 0.912. The minimum Gasteiger partial charge on any atom is -0.370 e. The second-order valence-electron chi connectivity index (χ2n) is 5.15. The van der Waals surface area contributed by atoms with E-state index in [4.69, 9.17) is 5.73 Å². The van der Waals surface area contributed by atoms with Crippen LogP contribution in [0.15, 0.2) is 4.99 Å². The van der Waals surface area contributed by atoms with Gasteiger partial charge >= 0.3 is 0 Å². The Morgan fingerprint density at radius 2 is 2.06 bits per heavy atom. The van der Waals surface area contributed by atoms with Crippen molar-refractivity contribution < 1.29 is 0 Å². The van der Waals surface area contributed by atoms with Crippen LogP contribution in [-0.4, -0.2) is 42.6 Å². The van der Waals surface area contributed by atoms with Crippen LogP contribution in [0.1, 0.15) is 39.0 Å². The van der Waals surface area contributed by atoms with Crippen LogP contribution in [0.4, 0.5) is 0 Å².